The van der Waals surface area contributed by atoms with Crippen molar-refractivity contribution in [2.24, 2.45) is 5.73 Å². The van der Waals surface area contributed by atoms with Gasteiger partial charge in [0.15, 0.2) is 0 Å². The summed E-state index contributed by atoms with van der Waals surface area (Å²) in [5.74, 6) is 0. The number of aliphatic hydroxyl groups is 1. The molecule has 0 amide bonds. The van der Waals surface area contributed by atoms with Crippen LogP contribution in [0.5, 0.6) is 0 Å². The van der Waals surface area contributed by atoms with Gasteiger partial charge >= 0.3 is 0 Å². The Morgan fingerprint density at radius 3 is 2.00 bits per heavy atom. The van der Waals surface area contributed by atoms with E-state index in [1.54, 1.807) is 0 Å². The molecule has 1 fully saturated rings. The molecule has 0 radical (unpaired) electrons. The van der Waals surface area contributed by atoms with Gasteiger partial charge in [0.05, 0.1) is 6.10 Å². The lowest BCUT2D eigenvalue weighted by atomic mass is 10.1. The largest absolute Gasteiger partial charge is 0.392 e. The van der Waals surface area contributed by atoms with E-state index in [9.17, 15) is 5.11 Å². The van der Waals surface area contributed by atoms with Crippen LogP contribution < -0.4 is 5.73 Å². The quantitative estimate of drug-likeness (QED) is 0.747. The van der Waals surface area contributed by atoms with Crippen molar-refractivity contribution >= 4 is 12.4 Å². The molecule has 1 saturated heterocycles. The number of halogens is 1. The Labute approximate surface area is 105 Å². The van der Waals surface area contributed by atoms with E-state index in [1.807, 2.05) is 6.92 Å². The molecule has 5 heteroatoms. The monoisotopic (exact) mass is 251 g/mol. The number of rotatable bonds is 4. The minimum atomic E-state index is -0.220. The van der Waals surface area contributed by atoms with Crippen LogP contribution in [0.15, 0.2) is 0 Å². The lowest BCUT2D eigenvalue weighted by Crippen LogP contribution is -2.53. The van der Waals surface area contributed by atoms with E-state index >= 15 is 0 Å². The molecule has 0 aliphatic carbocycles. The van der Waals surface area contributed by atoms with Crippen LogP contribution in [0.25, 0.3) is 0 Å². The summed E-state index contributed by atoms with van der Waals surface area (Å²) < 4.78 is 0. The number of hydrogen-bond donors (Lipinski definition) is 2. The zero-order valence-corrected chi connectivity index (χ0v) is 11.5. The highest BCUT2D eigenvalue weighted by molar-refractivity contribution is 5.85. The third-order valence-electron chi connectivity index (χ3n) is 2.62. The van der Waals surface area contributed by atoms with E-state index in [2.05, 4.69) is 23.6 Å². The zero-order valence-electron chi connectivity index (χ0n) is 10.6. The van der Waals surface area contributed by atoms with E-state index in [0.29, 0.717) is 0 Å². The van der Waals surface area contributed by atoms with Crippen LogP contribution in [0, 0.1) is 0 Å². The van der Waals surface area contributed by atoms with Gasteiger partial charge in [0.25, 0.3) is 0 Å². The topological polar surface area (TPSA) is 52.7 Å². The molecule has 4 nitrogen and oxygen atoms in total. The molecule has 3 N–H and O–H groups in total. The van der Waals surface area contributed by atoms with Gasteiger partial charge in [0, 0.05) is 44.8 Å². The van der Waals surface area contributed by atoms with Crippen molar-refractivity contribution in [1.29, 1.82) is 0 Å². The molecule has 0 unspecified atom stereocenters. The standard InChI is InChI=1S/C11H25N3O.ClH/c1-10(15)8-13-4-6-14(7-5-13)9-11(2,3)12;/h10,15H,4-9,12H2,1-3H3;1H/t10-;/m1./s1. The lowest BCUT2D eigenvalue weighted by Gasteiger charge is -2.38. The fraction of sp³-hybridized carbons (Fsp3) is 1.00. The molecule has 1 aliphatic heterocycles. The first kappa shape index (κ1) is 16.1. The Bertz CT molecular complexity index is 186. The van der Waals surface area contributed by atoms with Gasteiger partial charge in [0.2, 0.25) is 0 Å². The fourth-order valence-electron chi connectivity index (χ4n) is 2.08. The molecule has 0 aromatic rings. The first-order valence-corrected chi connectivity index (χ1v) is 5.78. The van der Waals surface area contributed by atoms with Gasteiger partial charge in [-0.3, -0.25) is 9.80 Å². The molecule has 1 aliphatic rings. The summed E-state index contributed by atoms with van der Waals surface area (Å²) in [4.78, 5) is 4.71. The van der Waals surface area contributed by atoms with E-state index in [1.165, 1.54) is 0 Å². The molecular formula is C11H26ClN3O. The fourth-order valence-corrected chi connectivity index (χ4v) is 2.08. The highest BCUT2D eigenvalue weighted by Gasteiger charge is 2.21. The minimum Gasteiger partial charge on any atom is -0.392 e. The third kappa shape index (κ3) is 6.66. The second-order valence-electron chi connectivity index (χ2n) is 5.41. The highest BCUT2D eigenvalue weighted by atomic mass is 35.5. The van der Waals surface area contributed by atoms with Crippen molar-refractivity contribution < 1.29 is 5.11 Å². The molecule has 0 bridgehead atoms. The van der Waals surface area contributed by atoms with Gasteiger partial charge in [-0.1, -0.05) is 0 Å². The number of nitrogens with zero attached hydrogens (tertiary/aromatic N) is 2. The van der Waals surface area contributed by atoms with Crippen molar-refractivity contribution in [2.45, 2.75) is 32.4 Å². The van der Waals surface area contributed by atoms with E-state index in [0.717, 1.165) is 39.3 Å². The Morgan fingerprint density at radius 2 is 1.62 bits per heavy atom. The Balaban J connectivity index is 0.00000225. The molecule has 1 heterocycles. The number of hydrogen-bond acceptors (Lipinski definition) is 4. The summed E-state index contributed by atoms with van der Waals surface area (Å²) in [6.45, 7) is 11.9. The predicted molar refractivity (Wildman–Crippen MR) is 70.1 cm³/mol. The first-order valence-electron chi connectivity index (χ1n) is 5.78. The number of nitrogens with two attached hydrogens (primary N) is 1. The average Bonchev–Trinajstić information content (AvgIpc) is 2.05. The van der Waals surface area contributed by atoms with Gasteiger partial charge in [-0.25, -0.2) is 0 Å². The van der Waals surface area contributed by atoms with Gasteiger partial charge in [0.1, 0.15) is 0 Å². The van der Waals surface area contributed by atoms with Crippen LogP contribution in [0.1, 0.15) is 20.8 Å². The maximum absolute atomic E-state index is 9.28. The van der Waals surface area contributed by atoms with Gasteiger partial charge < -0.3 is 10.8 Å². The number of β-amino-alcohol motifs (C(OH)–C–C–N with tert-alkyl or cyclic N) is 1. The van der Waals surface area contributed by atoms with Crippen LogP contribution in [0.4, 0.5) is 0 Å². The van der Waals surface area contributed by atoms with Gasteiger partial charge in [-0.05, 0) is 20.8 Å². The van der Waals surface area contributed by atoms with Crippen molar-refractivity contribution in [1.82, 2.24) is 9.80 Å². The van der Waals surface area contributed by atoms with Crippen LogP contribution in [-0.2, 0) is 0 Å². The minimum absolute atomic E-state index is 0. The molecule has 1 atom stereocenters. The maximum Gasteiger partial charge on any atom is 0.0639 e. The van der Waals surface area contributed by atoms with Crippen molar-refractivity contribution in [3.05, 3.63) is 0 Å². The van der Waals surface area contributed by atoms with E-state index in [-0.39, 0.29) is 24.0 Å². The molecule has 16 heavy (non-hydrogen) atoms. The van der Waals surface area contributed by atoms with Crippen molar-refractivity contribution in [3.63, 3.8) is 0 Å². The van der Waals surface area contributed by atoms with Gasteiger partial charge in [-0.15, -0.1) is 12.4 Å². The van der Waals surface area contributed by atoms with Crippen LogP contribution >= 0.6 is 12.4 Å². The molecule has 1 rings (SSSR count). The smallest absolute Gasteiger partial charge is 0.0639 e. The molecular weight excluding hydrogens is 226 g/mol. The molecule has 98 valence electrons. The van der Waals surface area contributed by atoms with Crippen LogP contribution in [-0.4, -0.2) is 65.8 Å². The average molecular weight is 252 g/mol. The summed E-state index contributed by atoms with van der Waals surface area (Å²) in [5, 5.41) is 9.28. The second-order valence-corrected chi connectivity index (χ2v) is 5.41. The molecule has 0 aromatic heterocycles. The number of aliphatic hydroxyl groups excluding tert-OH is 1. The van der Waals surface area contributed by atoms with Crippen LogP contribution in [0.2, 0.25) is 0 Å². The Kier molecular flexibility index (Phi) is 6.82. The van der Waals surface area contributed by atoms with Crippen LogP contribution in [0.3, 0.4) is 0 Å². The van der Waals surface area contributed by atoms with E-state index in [4.69, 9.17) is 5.73 Å². The Hall–Kier alpha value is 0.130. The van der Waals surface area contributed by atoms with Crippen molar-refractivity contribution in [3.8, 4) is 0 Å². The zero-order chi connectivity index (χ0) is 11.5. The molecule has 0 saturated carbocycles. The first-order chi connectivity index (χ1) is 6.87. The normalized spacial score (nSPS) is 21.6. The number of piperazine rings is 1. The highest BCUT2D eigenvalue weighted by Crippen LogP contribution is 2.07. The summed E-state index contributed by atoms with van der Waals surface area (Å²) in [5.41, 5.74) is 5.88. The lowest BCUT2D eigenvalue weighted by molar-refractivity contribution is 0.0738. The maximum atomic E-state index is 9.28. The van der Waals surface area contributed by atoms with Gasteiger partial charge in [-0.2, -0.15) is 0 Å². The van der Waals surface area contributed by atoms with Crippen molar-refractivity contribution in [2.75, 3.05) is 39.3 Å². The summed E-state index contributed by atoms with van der Waals surface area (Å²) >= 11 is 0. The second kappa shape index (κ2) is 6.77. The third-order valence-corrected chi connectivity index (χ3v) is 2.62. The summed E-state index contributed by atoms with van der Waals surface area (Å²) in [6, 6.07) is 0. The predicted octanol–water partition coefficient (Wildman–Crippen LogP) is 0.144. The summed E-state index contributed by atoms with van der Waals surface area (Å²) in [7, 11) is 0. The molecule has 0 spiro atoms. The SMILES string of the molecule is C[C@@H](O)CN1CCN(CC(C)(C)N)CC1.Cl. The Morgan fingerprint density at radius 1 is 1.19 bits per heavy atom. The molecule has 0 aromatic carbocycles. The summed E-state index contributed by atoms with van der Waals surface area (Å²) in [6.07, 6.45) is -0.220. The van der Waals surface area contributed by atoms with E-state index < -0.39 is 0 Å².